The summed E-state index contributed by atoms with van der Waals surface area (Å²) in [6.45, 7) is 2.90. The van der Waals surface area contributed by atoms with Gasteiger partial charge in [0.15, 0.2) is 11.6 Å². The van der Waals surface area contributed by atoms with Crippen molar-refractivity contribution in [2.45, 2.75) is 26.1 Å². The Hall–Kier alpha value is -3.49. The fourth-order valence-electron chi connectivity index (χ4n) is 3.92. The molecule has 0 amide bonds. The maximum Gasteiger partial charge on any atom is 0.341 e. The minimum Gasteiger partial charge on any atom is -0.487 e. The van der Waals surface area contributed by atoms with Gasteiger partial charge in [0.05, 0.1) is 29.2 Å². The highest BCUT2D eigenvalue weighted by atomic mass is 19.1. The highest BCUT2D eigenvalue weighted by Gasteiger charge is 2.32. The molecule has 2 aliphatic rings. The molecule has 0 spiro atoms. The number of halogens is 1. The van der Waals surface area contributed by atoms with Gasteiger partial charge in [-0.3, -0.25) is 4.79 Å². The Balaban J connectivity index is 1.78. The number of ether oxygens (including phenoxy) is 1. The normalized spacial score (nSPS) is 17.5. The molecule has 1 aromatic carbocycles. The quantitative estimate of drug-likeness (QED) is 0.725. The van der Waals surface area contributed by atoms with Gasteiger partial charge in [-0.15, -0.1) is 0 Å². The second kappa shape index (κ2) is 5.75. The molecule has 1 atom stereocenters. The molecule has 9 heteroatoms. The van der Waals surface area contributed by atoms with Crippen molar-refractivity contribution in [1.29, 1.82) is 0 Å². The van der Waals surface area contributed by atoms with Crippen molar-refractivity contribution in [2.75, 3.05) is 11.5 Å². The fraction of sp³-hybridized carbons (Fsp3) is 0.263. The molecule has 8 nitrogen and oxygen atoms in total. The van der Waals surface area contributed by atoms with E-state index in [1.165, 1.54) is 12.5 Å². The summed E-state index contributed by atoms with van der Waals surface area (Å²) in [4.78, 5) is 34.1. The zero-order chi connectivity index (χ0) is 19.6. The van der Waals surface area contributed by atoms with Crippen molar-refractivity contribution in [1.82, 2.24) is 14.5 Å². The first kappa shape index (κ1) is 16.7. The summed E-state index contributed by atoms with van der Waals surface area (Å²) < 4.78 is 22.7. The first-order valence-electron chi connectivity index (χ1n) is 8.76. The van der Waals surface area contributed by atoms with E-state index in [4.69, 9.17) is 4.74 Å². The number of nitrogens with zero attached hydrogens (tertiary/aromatic N) is 4. The van der Waals surface area contributed by atoms with Crippen LogP contribution in [0.25, 0.3) is 10.9 Å². The third-order valence-corrected chi connectivity index (χ3v) is 5.27. The monoisotopic (exact) mass is 382 g/mol. The van der Waals surface area contributed by atoms with E-state index in [1.54, 1.807) is 15.7 Å². The van der Waals surface area contributed by atoms with Crippen LogP contribution < -0.4 is 15.1 Å². The number of hydrogen-bond donors (Lipinski definition) is 1. The Morgan fingerprint density at radius 2 is 2.21 bits per heavy atom. The maximum absolute atomic E-state index is 15.2. The summed E-state index contributed by atoms with van der Waals surface area (Å²) in [5.74, 6) is -1.72. The minimum atomic E-state index is -1.34. The van der Waals surface area contributed by atoms with Crippen LogP contribution in [0.4, 0.5) is 10.1 Å². The SMILES string of the molecule is CC1COc2c(N3Cc4cncnc4C3)c(F)cc3c(=O)c(C(=O)O)cn1c23. The van der Waals surface area contributed by atoms with E-state index >= 15 is 4.39 Å². The summed E-state index contributed by atoms with van der Waals surface area (Å²) in [7, 11) is 0. The van der Waals surface area contributed by atoms with Gasteiger partial charge in [0.1, 0.15) is 24.2 Å². The Kier molecular flexibility index (Phi) is 3.42. The highest BCUT2D eigenvalue weighted by Crippen LogP contribution is 2.43. The largest absolute Gasteiger partial charge is 0.487 e. The van der Waals surface area contributed by atoms with E-state index in [9.17, 15) is 14.7 Å². The van der Waals surface area contributed by atoms with E-state index in [0.717, 1.165) is 17.3 Å². The average molecular weight is 382 g/mol. The lowest BCUT2D eigenvalue weighted by Gasteiger charge is -2.31. The molecular formula is C19H15FN4O4. The van der Waals surface area contributed by atoms with Gasteiger partial charge in [0.25, 0.3) is 0 Å². The van der Waals surface area contributed by atoms with E-state index < -0.39 is 17.2 Å². The van der Waals surface area contributed by atoms with Crippen LogP contribution in [0, 0.1) is 5.82 Å². The molecule has 0 radical (unpaired) electrons. The molecule has 1 unspecified atom stereocenters. The van der Waals surface area contributed by atoms with Gasteiger partial charge in [-0.1, -0.05) is 0 Å². The molecule has 2 aliphatic heterocycles. The molecule has 0 saturated heterocycles. The van der Waals surface area contributed by atoms with Crippen LogP contribution in [-0.4, -0.2) is 32.2 Å². The number of carbonyl (C=O) groups is 1. The van der Waals surface area contributed by atoms with Gasteiger partial charge in [0.2, 0.25) is 5.43 Å². The van der Waals surface area contributed by atoms with E-state index in [0.29, 0.717) is 18.6 Å². The first-order chi connectivity index (χ1) is 13.5. The van der Waals surface area contributed by atoms with Crippen LogP contribution in [0.5, 0.6) is 5.75 Å². The highest BCUT2D eigenvalue weighted by molar-refractivity contribution is 5.97. The van der Waals surface area contributed by atoms with Crippen LogP contribution in [0.1, 0.15) is 34.6 Å². The van der Waals surface area contributed by atoms with Crippen molar-refractivity contribution in [2.24, 2.45) is 0 Å². The lowest BCUT2D eigenvalue weighted by Crippen LogP contribution is -2.28. The van der Waals surface area contributed by atoms with Crippen molar-refractivity contribution < 1.29 is 19.0 Å². The van der Waals surface area contributed by atoms with Crippen molar-refractivity contribution in [3.63, 3.8) is 0 Å². The molecule has 0 bridgehead atoms. The summed E-state index contributed by atoms with van der Waals surface area (Å²) in [5, 5.41) is 9.36. The van der Waals surface area contributed by atoms with E-state index in [2.05, 4.69) is 9.97 Å². The van der Waals surface area contributed by atoms with Gasteiger partial charge < -0.3 is 19.3 Å². The second-order valence-corrected chi connectivity index (χ2v) is 7.03. The molecule has 0 saturated carbocycles. The number of rotatable bonds is 2. The smallest absolute Gasteiger partial charge is 0.341 e. The molecule has 28 heavy (non-hydrogen) atoms. The third kappa shape index (κ3) is 2.22. The standard InChI is InChI=1S/C19H15FN4O4/c1-9-7-28-18-15-11(17(25)12(19(26)27)5-24(9)15)2-13(20)16(18)23-4-10-3-21-8-22-14(10)6-23/h2-3,5,8-9H,4,6-7H2,1H3,(H,26,27). The van der Waals surface area contributed by atoms with Gasteiger partial charge in [-0.2, -0.15) is 0 Å². The average Bonchev–Trinajstić information content (AvgIpc) is 3.09. The Morgan fingerprint density at radius 1 is 1.39 bits per heavy atom. The lowest BCUT2D eigenvalue weighted by atomic mass is 10.1. The predicted molar refractivity (Wildman–Crippen MR) is 97.3 cm³/mol. The van der Waals surface area contributed by atoms with Gasteiger partial charge in [-0.25, -0.2) is 19.2 Å². The zero-order valence-corrected chi connectivity index (χ0v) is 14.8. The number of carboxylic acid groups (broad SMARTS) is 1. The van der Waals surface area contributed by atoms with Crippen LogP contribution >= 0.6 is 0 Å². The predicted octanol–water partition coefficient (Wildman–Crippen LogP) is 2.10. The molecule has 142 valence electrons. The molecule has 2 aromatic heterocycles. The van der Waals surface area contributed by atoms with Gasteiger partial charge in [0, 0.05) is 24.5 Å². The van der Waals surface area contributed by atoms with Crippen LogP contribution in [-0.2, 0) is 13.1 Å². The summed E-state index contributed by atoms with van der Waals surface area (Å²) in [6, 6.07) is 0.906. The molecular weight excluding hydrogens is 367 g/mol. The molecule has 0 fully saturated rings. The van der Waals surface area contributed by atoms with E-state index in [-0.39, 0.29) is 35.0 Å². The molecule has 0 aliphatic carbocycles. The fourth-order valence-corrected chi connectivity index (χ4v) is 3.92. The van der Waals surface area contributed by atoms with Gasteiger partial charge >= 0.3 is 5.97 Å². The Labute approximate surface area is 157 Å². The molecule has 3 aromatic rings. The second-order valence-electron chi connectivity index (χ2n) is 7.03. The number of anilines is 1. The third-order valence-electron chi connectivity index (χ3n) is 5.27. The maximum atomic E-state index is 15.2. The lowest BCUT2D eigenvalue weighted by molar-refractivity contribution is 0.0694. The zero-order valence-electron chi connectivity index (χ0n) is 14.8. The Morgan fingerprint density at radius 3 is 2.96 bits per heavy atom. The number of carboxylic acids is 1. The number of benzene rings is 1. The van der Waals surface area contributed by atoms with Crippen LogP contribution in [0.3, 0.4) is 0 Å². The topological polar surface area (TPSA) is 97.6 Å². The summed E-state index contributed by atoms with van der Waals surface area (Å²) in [6.07, 6.45) is 4.47. The molecule has 4 heterocycles. The van der Waals surface area contributed by atoms with Crippen molar-refractivity contribution in [3.8, 4) is 5.75 Å². The molecule has 5 rings (SSSR count). The van der Waals surface area contributed by atoms with Crippen LogP contribution in [0.15, 0.2) is 29.6 Å². The summed E-state index contributed by atoms with van der Waals surface area (Å²) >= 11 is 0. The number of pyridine rings is 1. The Bertz CT molecular complexity index is 1200. The minimum absolute atomic E-state index is 0.000738. The number of hydrogen-bond acceptors (Lipinski definition) is 6. The van der Waals surface area contributed by atoms with Crippen molar-refractivity contribution >= 4 is 22.6 Å². The summed E-state index contributed by atoms with van der Waals surface area (Å²) in [5.41, 5.74) is 1.25. The number of aromatic carboxylic acids is 1. The molecule has 1 N–H and O–H groups in total. The van der Waals surface area contributed by atoms with Crippen LogP contribution in [0.2, 0.25) is 0 Å². The number of aromatic nitrogens is 3. The van der Waals surface area contributed by atoms with Gasteiger partial charge in [-0.05, 0) is 13.0 Å². The van der Waals surface area contributed by atoms with Crippen molar-refractivity contribution in [3.05, 3.63) is 57.6 Å². The first-order valence-corrected chi connectivity index (χ1v) is 8.76. The number of fused-ring (bicyclic) bond motifs is 1. The van der Waals surface area contributed by atoms with E-state index in [1.807, 2.05) is 6.92 Å².